The summed E-state index contributed by atoms with van der Waals surface area (Å²) in [5, 5.41) is 0. The Kier molecular flexibility index (Phi) is 4.51. The average molecular weight is 279 g/mol. The lowest BCUT2D eigenvalue weighted by Crippen LogP contribution is -2.36. The molecule has 4 heteroatoms. The van der Waals surface area contributed by atoms with E-state index in [-0.39, 0.29) is 17.8 Å². The molecule has 1 atom stereocenters. The van der Waals surface area contributed by atoms with Crippen molar-refractivity contribution in [1.82, 2.24) is 4.90 Å². The lowest BCUT2D eigenvalue weighted by molar-refractivity contribution is -0.119. The van der Waals surface area contributed by atoms with Gasteiger partial charge in [0.15, 0.2) is 5.78 Å². The van der Waals surface area contributed by atoms with Gasteiger partial charge in [-0.3, -0.25) is 4.79 Å². The van der Waals surface area contributed by atoms with Gasteiger partial charge in [-0.1, -0.05) is 6.08 Å². The SMILES string of the molecule is CC(C)(C)OC(=O)N1CCC(C(=O)C2=CCCCC2)C1. The van der Waals surface area contributed by atoms with Crippen molar-refractivity contribution in [3.8, 4) is 0 Å². The molecule has 1 fully saturated rings. The third-order valence-corrected chi connectivity index (χ3v) is 3.82. The van der Waals surface area contributed by atoms with Crippen LogP contribution < -0.4 is 0 Å². The molecule has 2 rings (SSSR count). The van der Waals surface area contributed by atoms with Crippen molar-refractivity contribution in [3.63, 3.8) is 0 Å². The smallest absolute Gasteiger partial charge is 0.410 e. The molecule has 0 aromatic carbocycles. The Morgan fingerprint density at radius 2 is 2.05 bits per heavy atom. The summed E-state index contributed by atoms with van der Waals surface area (Å²) >= 11 is 0. The largest absolute Gasteiger partial charge is 0.444 e. The van der Waals surface area contributed by atoms with Crippen LogP contribution in [0.5, 0.6) is 0 Å². The molecule has 1 aliphatic carbocycles. The molecule has 0 radical (unpaired) electrons. The number of carbonyl (C=O) groups excluding carboxylic acids is 2. The van der Waals surface area contributed by atoms with E-state index in [1.807, 2.05) is 20.8 Å². The summed E-state index contributed by atoms with van der Waals surface area (Å²) in [6.45, 7) is 6.70. The minimum absolute atomic E-state index is 0.0353. The van der Waals surface area contributed by atoms with Crippen LogP contribution >= 0.6 is 0 Å². The van der Waals surface area contributed by atoms with Crippen molar-refractivity contribution in [2.75, 3.05) is 13.1 Å². The van der Waals surface area contributed by atoms with E-state index in [4.69, 9.17) is 4.74 Å². The van der Waals surface area contributed by atoms with Crippen LogP contribution in [0.2, 0.25) is 0 Å². The zero-order valence-electron chi connectivity index (χ0n) is 12.8. The van der Waals surface area contributed by atoms with Gasteiger partial charge >= 0.3 is 6.09 Å². The number of ether oxygens (including phenoxy) is 1. The third-order valence-electron chi connectivity index (χ3n) is 3.82. The van der Waals surface area contributed by atoms with Gasteiger partial charge in [0.05, 0.1) is 0 Å². The Morgan fingerprint density at radius 3 is 2.65 bits per heavy atom. The first-order chi connectivity index (χ1) is 9.37. The fraction of sp³-hybridized carbons (Fsp3) is 0.750. The highest BCUT2D eigenvalue weighted by Gasteiger charge is 2.34. The van der Waals surface area contributed by atoms with Crippen molar-refractivity contribution in [3.05, 3.63) is 11.6 Å². The molecule has 0 bridgehead atoms. The van der Waals surface area contributed by atoms with Gasteiger partial charge in [-0.25, -0.2) is 4.79 Å². The van der Waals surface area contributed by atoms with Crippen LogP contribution in [0.3, 0.4) is 0 Å². The van der Waals surface area contributed by atoms with Gasteiger partial charge in [0.25, 0.3) is 0 Å². The zero-order chi connectivity index (χ0) is 14.8. The standard InChI is InChI=1S/C16H25NO3/c1-16(2,3)20-15(19)17-10-9-13(11-17)14(18)12-7-5-4-6-8-12/h7,13H,4-6,8-11H2,1-3H3. The van der Waals surface area contributed by atoms with Crippen molar-refractivity contribution in [2.45, 2.75) is 58.5 Å². The van der Waals surface area contributed by atoms with E-state index in [0.717, 1.165) is 31.3 Å². The van der Waals surface area contributed by atoms with Gasteiger partial charge in [0.1, 0.15) is 5.60 Å². The van der Waals surface area contributed by atoms with Crippen molar-refractivity contribution in [2.24, 2.45) is 5.92 Å². The van der Waals surface area contributed by atoms with E-state index in [1.54, 1.807) is 4.90 Å². The molecule has 0 aromatic heterocycles. The van der Waals surface area contributed by atoms with Crippen LogP contribution in [0.15, 0.2) is 11.6 Å². The van der Waals surface area contributed by atoms with Gasteiger partial charge in [-0.15, -0.1) is 0 Å². The molecule has 0 aromatic rings. The maximum Gasteiger partial charge on any atom is 0.410 e. The molecule has 1 unspecified atom stereocenters. The number of likely N-dealkylation sites (tertiary alicyclic amines) is 1. The van der Waals surface area contributed by atoms with Gasteiger partial charge in [-0.05, 0) is 58.4 Å². The second kappa shape index (κ2) is 5.98. The Hall–Kier alpha value is -1.32. The molecule has 1 heterocycles. The first-order valence-corrected chi connectivity index (χ1v) is 7.58. The number of ketones is 1. The van der Waals surface area contributed by atoms with Gasteiger partial charge < -0.3 is 9.64 Å². The molecular formula is C16H25NO3. The summed E-state index contributed by atoms with van der Waals surface area (Å²) in [6.07, 6.45) is 6.76. The Morgan fingerprint density at radius 1 is 1.30 bits per heavy atom. The first-order valence-electron chi connectivity index (χ1n) is 7.58. The fourth-order valence-corrected chi connectivity index (χ4v) is 2.79. The molecule has 1 saturated heterocycles. The van der Waals surface area contributed by atoms with Crippen LogP contribution in [0, 0.1) is 5.92 Å². The van der Waals surface area contributed by atoms with Gasteiger partial charge in [-0.2, -0.15) is 0 Å². The van der Waals surface area contributed by atoms with Crippen molar-refractivity contribution >= 4 is 11.9 Å². The minimum Gasteiger partial charge on any atom is -0.444 e. The molecule has 1 amide bonds. The van der Waals surface area contributed by atoms with E-state index in [1.165, 1.54) is 6.42 Å². The molecule has 4 nitrogen and oxygen atoms in total. The lowest BCUT2D eigenvalue weighted by atomic mass is 9.89. The van der Waals surface area contributed by atoms with E-state index < -0.39 is 5.60 Å². The summed E-state index contributed by atoms with van der Waals surface area (Å²) in [5.74, 6) is 0.211. The van der Waals surface area contributed by atoms with Crippen LogP contribution in [0.4, 0.5) is 4.79 Å². The topological polar surface area (TPSA) is 46.6 Å². The van der Waals surface area contributed by atoms with Crippen molar-refractivity contribution in [1.29, 1.82) is 0 Å². The summed E-state index contributed by atoms with van der Waals surface area (Å²) in [6, 6.07) is 0. The van der Waals surface area contributed by atoms with E-state index in [2.05, 4.69) is 6.08 Å². The maximum absolute atomic E-state index is 12.4. The highest BCUT2D eigenvalue weighted by Crippen LogP contribution is 2.26. The first kappa shape index (κ1) is 15.1. The van der Waals surface area contributed by atoms with Crippen molar-refractivity contribution < 1.29 is 14.3 Å². The quantitative estimate of drug-likeness (QED) is 0.779. The van der Waals surface area contributed by atoms with Gasteiger partial charge in [0.2, 0.25) is 0 Å². The number of amides is 1. The molecule has 0 spiro atoms. The second-order valence-electron chi connectivity index (χ2n) is 6.75. The number of rotatable bonds is 2. The highest BCUT2D eigenvalue weighted by molar-refractivity contribution is 5.97. The molecule has 0 saturated carbocycles. The summed E-state index contributed by atoms with van der Waals surface area (Å²) < 4.78 is 5.36. The lowest BCUT2D eigenvalue weighted by Gasteiger charge is -2.24. The van der Waals surface area contributed by atoms with E-state index in [0.29, 0.717) is 13.1 Å². The Bertz CT molecular complexity index is 420. The van der Waals surface area contributed by atoms with Crippen LogP contribution in [0.1, 0.15) is 52.9 Å². The number of nitrogens with zero attached hydrogens (tertiary/aromatic N) is 1. The fourth-order valence-electron chi connectivity index (χ4n) is 2.79. The molecule has 2 aliphatic rings. The number of hydrogen-bond donors (Lipinski definition) is 0. The number of allylic oxidation sites excluding steroid dienone is 2. The Balaban J connectivity index is 1.90. The molecule has 20 heavy (non-hydrogen) atoms. The minimum atomic E-state index is -0.481. The third kappa shape index (κ3) is 3.84. The number of Topliss-reactive ketones (excluding diaryl/α,β-unsaturated/α-hetero) is 1. The Labute approximate surface area is 121 Å². The van der Waals surface area contributed by atoms with E-state index in [9.17, 15) is 9.59 Å². The average Bonchev–Trinajstić information content (AvgIpc) is 2.86. The predicted octanol–water partition coefficient (Wildman–Crippen LogP) is 3.31. The maximum atomic E-state index is 12.4. The molecule has 112 valence electrons. The van der Waals surface area contributed by atoms with Gasteiger partial charge in [0, 0.05) is 19.0 Å². The highest BCUT2D eigenvalue weighted by atomic mass is 16.6. The summed E-state index contributed by atoms with van der Waals surface area (Å²) in [4.78, 5) is 26.1. The summed E-state index contributed by atoms with van der Waals surface area (Å²) in [5.41, 5.74) is 0.498. The van der Waals surface area contributed by atoms with Crippen LogP contribution in [-0.4, -0.2) is 35.5 Å². The normalized spacial score (nSPS) is 23.4. The zero-order valence-corrected chi connectivity index (χ0v) is 12.8. The number of carbonyl (C=O) groups is 2. The monoisotopic (exact) mass is 279 g/mol. The molecular weight excluding hydrogens is 254 g/mol. The second-order valence-corrected chi connectivity index (χ2v) is 6.75. The van der Waals surface area contributed by atoms with Crippen LogP contribution in [-0.2, 0) is 9.53 Å². The van der Waals surface area contributed by atoms with E-state index >= 15 is 0 Å². The molecule has 0 N–H and O–H groups in total. The van der Waals surface area contributed by atoms with Crippen LogP contribution in [0.25, 0.3) is 0 Å². The summed E-state index contributed by atoms with van der Waals surface area (Å²) in [7, 11) is 0. The molecule has 1 aliphatic heterocycles. The predicted molar refractivity (Wildman–Crippen MR) is 77.5 cm³/mol. The number of hydrogen-bond acceptors (Lipinski definition) is 3.